The zero-order chi connectivity index (χ0) is 12.3. The molecule has 0 radical (unpaired) electrons. The van der Waals surface area contributed by atoms with E-state index in [4.69, 9.17) is 4.74 Å². The Balaban J connectivity index is 2.07. The number of anilines is 1. The number of hydrogen-bond acceptors (Lipinski definition) is 4. The molecule has 2 rings (SSSR count). The third-order valence-corrected chi connectivity index (χ3v) is 2.62. The number of hydrogen-bond donors (Lipinski definition) is 1. The summed E-state index contributed by atoms with van der Waals surface area (Å²) in [7, 11) is 1.71. The van der Waals surface area contributed by atoms with E-state index in [0.29, 0.717) is 11.9 Å². The molecular formula is C12H18N4O. The number of fused-ring (bicyclic) bond motifs is 1. The van der Waals surface area contributed by atoms with Gasteiger partial charge in [-0.05, 0) is 24.5 Å². The summed E-state index contributed by atoms with van der Waals surface area (Å²) in [6.07, 6.45) is 1.90. The molecular weight excluding hydrogens is 216 g/mol. The summed E-state index contributed by atoms with van der Waals surface area (Å²) in [4.78, 5) is 4.44. The van der Waals surface area contributed by atoms with Crippen molar-refractivity contribution < 1.29 is 4.74 Å². The fraction of sp³-hybridized carbons (Fsp3) is 0.500. The standard InChI is InChI=1S/C12H18N4O/c1-9(8-17-3)7-13-12-14-11-10(2)5-4-6-16(11)15-12/h4-6,9H,7-8H2,1-3H3,(H,13,15). The van der Waals surface area contributed by atoms with E-state index >= 15 is 0 Å². The van der Waals surface area contributed by atoms with Crippen LogP contribution in [0.4, 0.5) is 5.95 Å². The first-order chi connectivity index (χ1) is 8.20. The summed E-state index contributed by atoms with van der Waals surface area (Å²) in [5.74, 6) is 1.11. The molecule has 2 aromatic heterocycles. The molecule has 17 heavy (non-hydrogen) atoms. The second-order valence-corrected chi connectivity index (χ2v) is 4.34. The lowest BCUT2D eigenvalue weighted by atomic mass is 10.2. The van der Waals surface area contributed by atoms with Crippen LogP contribution in [0.1, 0.15) is 12.5 Å². The van der Waals surface area contributed by atoms with Crippen LogP contribution in [0.25, 0.3) is 5.65 Å². The van der Waals surface area contributed by atoms with Crippen LogP contribution in [-0.2, 0) is 4.74 Å². The van der Waals surface area contributed by atoms with Crippen molar-refractivity contribution in [2.24, 2.45) is 5.92 Å². The number of aromatic nitrogens is 3. The van der Waals surface area contributed by atoms with Crippen LogP contribution >= 0.6 is 0 Å². The van der Waals surface area contributed by atoms with Crippen molar-refractivity contribution in [2.75, 3.05) is 25.6 Å². The minimum Gasteiger partial charge on any atom is -0.384 e. The maximum Gasteiger partial charge on any atom is 0.243 e. The number of rotatable bonds is 5. The number of methoxy groups -OCH3 is 1. The van der Waals surface area contributed by atoms with Crippen LogP contribution in [0.15, 0.2) is 18.3 Å². The van der Waals surface area contributed by atoms with Crippen molar-refractivity contribution in [2.45, 2.75) is 13.8 Å². The molecule has 0 aliphatic heterocycles. The van der Waals surface area contributed by atoms with E-state index in [1.165, 1.54) is 0 Å². The van der Waals surface area contributed by atoms with Gasteiger partial charge in [0, 0.05) is 19.9 Å². The lowest BCUT2D eigenvalue weighted by Gasteiger charge is -2.09. The zero-order valence-corrected chi connectivity index (χ0v) is 10.5. The van der Waals surface area contributed by atoms with Gasteiger partial charge in [-0.3, -0.25) is 0 Å². The Hall–Kier alpha value is -1.62. The quantitative estimate of drug-likeness (QED) is 0.856. The maximum atomic E-state index is 5.08. The molecule has 92 valence electrons. The summed E-state index contributed by atoms with van der Waals surface area (Å²) in [5, 5.41) is 7.58. The Bertz CT molecular complexity index is 494. The molecule has 0 saturated carbocycles. The average molecular weight is 234 g/mol. The first-order valence-electron chi connectivity index (χ1n) is 5.75. The third-order valence-electron chi connectivity index (χ3n) is 2.62. The van der Waals surface area contributed by atoms with E-state index in [-0.39, 0.29) is 0 Å². The fourth-order valence-electron chi connectivity index (χ4n) is 1.72. The van der Waals surface area contributed by atoms with E-state index in [2.05, 4.69) is 22.3 Å². The Morgan fingerprint density at radius 2 is 2.35 bits per heavy atom. The van der Waals surface area contributed by atoms with Crippen LogP contribution in [0.3, 0.4) is 0 Å². The number of pyridine rings is 1. The van der Waals surface area contributed by atoms with E-state index in [0.717, 1.165) is 24.4 Å². The highest BCUT2D eigenvalue weighted by Gasteiger charge is 2.06. The number of nitrogens with one attached hydrogen (secondary N) is 1. The van der Waals surface area contributed by atoms with Crippen LogP contribution in [-0.4, -0.2) is 34.9 Å². The first kappa shape index (κ1) is 11.9. The van der Waals surface area contributed by atoms with Gasteiger partial charge < -0.3 is 10.1 Å². The largest absolute Gasteiger partial charge is 0.384 e. The number of nitrogens with zero attached hydrogens (tertiary/aromatic N) is 3. The third kappa shape index (κ3) is 2.74. The van der Waals surface area contributed by atoms with Crippen LogP contribution in [0.2, 0.25) is 0 Å². The van der Waals surface area contributed by atoms with Crippen molar-refractivity contribution in [3.8, 4) is 0 Å². The monoisotopic (exact) mass is 234 g/mol. The van der Waals surface area contributed by atoms with Crippen molar-refractivity contribution >= 4 is 11.6 Å². The van der Waals surface area contributed by atoms with Gasteiger partial charge in [0.15, 0.2) is 5.65 Å². The molecule has 0 saturated heterocycles. The van der Waals surface area contributed by atoms with Gasteiger partial charge in [0.05, 0.1) is 6.61 Å². The molecule has 0 aliphatic rings. The SMILES string of the molecule is COCC(C)CNc1nc2c(C)cccn2n1. The van der Waals surface area contributed by atoms with Gasteiger partial charge in [0.25, 0.3) is 0 Å². The summed E-state index contributed by atoms with van der Waals surface area (Å²) < 4.78 is 6.87. The van der Waals surface area contributed by atoms with Crippen molar-refractivity contribution in [1.29, 1.82) is 0 Å². The predicted octanol–water partition coefficient (Wildman–Crippen LogP) is 1.73. The van der Waals surface area contributed by atoms with Crippen LogP contribution in [0, 0.1) is 12.8 Å². The van der Waals surface area contributed by atoms with E-state index < -0.39 is 0 Å². The molecule has 0 spiro atoms. The first-order valence-corrected chi connectivity index (χ1v) is 5.75. The second-order valence-electron chi connectivity index (χ2n) is 4.34. The molecule has 0 fully saturated rings. The molecule has 2 aromatic rings. The Kier molecular flexibility index (Phi) is 3.58. The number of ether oxygens (including phenoxy) is 1. The van der Waals surface area contributed by atoms with Crippen molar-refractivity contribution in [3.63, 3.8) is 0 Å². The van der Waals surface area contributed by atoms with Gasteiger partial charge in [0.2, 0.25) is 5.95 Å². The topological polar surface area (TPSA) is 51.5 Å². The Labute approximate surface area is 101 Å². The van der Waals surface area contributed by atoms with Gasteiger partial charge in [-0.25, -0.2) is 4.52 Å². The normalized spacial score (nSPS) is 12.9. The van der Waals surface area contributed by atoms with Crippen molar-refractivity contribution in [3.05, 3.63) is 23.9 Å². The molecule has 0 amide bonds. The fourth-order valence-corrected chi connectivity index (χ4v) is 1.72. The smallest absolute Gasteiger partial charge is 0.243 e. The molecule has 5 heteroatoms. The molecule has 5 nitrogen and oxygen atoms in total. The van der Waals surface area contributed by atoms with Gasteiger partial charge in [-0.15, -0.1) is 5.10 Å². The van der Waals surface area contributed by atoms with E-state index in [9.17, 15) is 0 Å². The lowest BCUT2D eigenvalue weighted by molar-refractivity contribution is 0.164. The average Bonchev–Trinajstić information content (AvgIpc) is 2.71. The van der Waals surface area contributed by atoms with Crippen LogP contribution in [0.5, 0.6) is 0 Å². The minimum absolute atomic E-state index is 0.438. The van der Waals surface area contributed by atoms with E-state index in [1.54, 1.807) is 11.6 Å². The Morgan fingerprint density at radius 3 is 3.06 bits per heavy atom. The predicted molar refractivity (Wildman–Crippen MR) is 67.3 cm³/mol. The molecule has 1 atom stereocenters. The summed E-state index contributed by atoms with van der Waals surface area (Å²) in [6, 6.07) is 4.00. The Morgan fingerprint density at radius 1 is 1.53 bits per heavy atom. The molecule has 1 N–H and O–H groups in total. The summed E-state index contributed by atoms with van der Waals surface area (Å²) in [6.45, 7) is 5.70. The highest BCUT2D eigenvalue weighted by Crippen LogP contribution is 2.10. The highest BCUT2D eigenvalue weighted by molar-refractivity contribution is 5.49. The molecule has 2 heterocycles. The molecule has 1 unspecified atom stereocenters. The molecule has 0 aromatic carbocycles. The van der Waals surface area contributed by atoms with Gasteiger partial charge >= 0.3 is 0 Å². The number of aryl methyl sites for hydroxylation is 1. The minimum atomic E-state index is 0.438. The van der Waals surface area contributed by atoms with Gasteiger partial charge in [-0.2, -0.15) is 4.98 Å². The van der Waals surface area contributed by atoms with Crippen LogP contribution < -0.4 is 5.32 Å². The lowest BCUT2D eigenvalue weighted by Crippen LogP contribution is -2.16. The summed E-state index contributed by atoms with van der Waals surface area (Å²) >= 11 is 0. The summed E-state index contributed by atoms with van der Waals surface area (Å²) in [5.41, 5.74) is 2.02. The van der Waals surface area contributed by atoms with Gasteiger partial charge in [0.1, 0.15) is 0 Å². The van der Waals surface area contributed by atoms with E-state index in [1.807, 2.05) is 25.3 Å². The maximum absolute atomic E-state index is 5.08. The van der Waals surface area contributed by atoms with Gasteiger partial charge in [-0.1, -0.05) is 13.0 Å². The molecule has 0 aliphatic carbocycles. The van der Waals surface area contributed by atoms with Crippen molar-refractivity contribution in [1.82, 2.24) is 14.6 Å². The second kappa shape index (κ2) is 5.14. The highest BCUT2D eigenvalue weighted by atomic mass is 16.5. The molecule has 0 bridgehead atoms. The zero-order valence-electron chi connectivity index (χ0n) is 10.5.